The van der Waals surface area contributed by atoms with E-state index in [1.807, 2.05) is 6.07 Å². The molecule has 0 saturated heterocycles. The smallest absolute Gasteiger partial charge is 0.120 e. The second kappa shape index (κ2) is 3.91. The number of halogens is 1. The maximum Gasteiger partial charge on any atom is 0.120 e. The summed E-state index contributed by atoms with van der Waals surface area (Å²) >= 11 is 3.28. The number of hydrogen-bond acceptors (Lipinski definition) is 2. The summed E-state index contributed by atoms with van der Waals surface area (Å²) in [5, 5.41) is 9.32. The van der Waals surface area contributed by atoms with Crippen LogP contribution in [-0.4, -0.2) is 15.7 Å². The molecular weight excluding hydrogens is 230 g/mol. The Bertz CT molecular complexity index is 340. The highest BCUT2D eigenvalue weighted by molar-refractivity contribution is 9.10. The van der Waals surface area contributed by atoms with Gasteiger partial charge in [0.25, 0.3) is 0 Å². The molecule has 0 spiro atoms. The third-order valence-corrected chi connectivity index (χ3v) is 1.69. The number of nitrogens with zero attached hydrogens (tertiary/aromatic N) is 1. The summed E-state index contributed by atoms with van der Waals surface area (Å²) in [6.45, 7) is 3.28. The number of hydrogen-bond donors (Lipinski definition) is 1. The van der Waals surface area contributed by atoms with E-state index < -0.39 is 5.60 Å². The van der Waals surface area contributed by atoms with Crippen molar-refractivity contribution in [1.29, 1.82) is 0 Å². The predicted molar refractivity (Wildman–Crippen MR) is 55.1 cm³/mol. The third-order valence-electron chi connectivity index (χ3n) is 1.22. The molecule has 0 aromatic carbocycles. The van der Waals surface area contributed by atoms with Crippen LogP contribution in [-0.2, 0) is 0 Å². The van der Waals surface area contributed by atoms with E-state index >= 15 is 0 Å². The third kappa shape index (κ3) is 4.07. The molecule has 0 bridgehead atoms. The number of aromatic nitrogens is 1. The molecule has 1 rings (SSSR count). The molecule has 68 valence electrons. The zero-order chi connectivity index (χ0) is 9.90. The fraction of sp³-hybridized carbons (Fsp3) is 0.300. The van der Waals surface area contributed by atoms with Crippen molar-refractivity contribution in [3.63, 3.8) is 0 Å². The Kier molecular flexibility index (Phi) is 3.07. The van der Waals surface area contributed by atoms with E-state index in [9.17, 15) is 5.11 Å². The highest BCUT2D eigenvalue weighted by atomic mass is 79.9. The highest BCUT2D eigenvalue weighted by Crippen LogP contribution is 2.06. The van der Waals surface area contributed by atoms with Crippen LogP contribution in [0.1, 0.15) is 19.5 Å². The largest absolute Gasteiger partial charge is 0.378 e. The fourth-order valence-electron chi connectivity index (χ4n) is 0.667. The van der Waals surface area contributed by atoms with Crippen LogP contribution in [0.3, 0.4) is 0 Å². The van der Waals surface area contributed by atoms with E-state index in [1.54, 1.807) is 26.1 Å². The standard InChI is InChI=1S/C10H10BrNO/c1-10(2,13)6-5-9-4-3-8(11)7-12-9/h3-4,7,13H,1-2H3. The van der Waals surface area contributed by atoms with Gasteiger partial charge in [-0.05, 0) is 47.8 Å². The lowest BCUT2D eigenvalue weighted by Gasteiger charge is -2.05. The maximum absolute atomic E-state index is 9.32. The van der Waals surface area contributed by atoms with Gasteiger partial charge < -0.3 is 5.11 Å². The maximum atomic E-state index is 9.32. The van der Waals surface area contributed by atoms with Gasteiger partial charge in [0.2, 0.25) is 0 Å². The van der Waals surface area contributed by atoms with Gasteiger partial charge >= 0.3 is 0 Å². The molecule has 0 atom stereocenters. The van der Waals surface area contributed by atoms with Crippen LogP contribution in [0.25, 0.3) is 0 Å². The molecule has 1 heterocycles. The summed E-state index contributed by atoms with van der Waals surface area (Å²) in [6, 6.07) is 3.66. The number of aliphatic hydroxyl groups is 1. The average molecular weight is 240 g/mol. The lowest BCUT2D eigenvalue weighted by Crippen LogP contribution is -2.14. The van der Waals surface area contributed by atoms with Crippen molar-refractivity contribution >= 4 is 15.9 Å². The minimum Gasteiger partial charge on any atom is -0.378 e. The summed E-state index contributed by atoms with van der Waals surface area (Å²) in [7, 11) is 0. The number of pyridine rings is 1. The minimum atomic E-state index is -0.964. The van der Waals surface area contributed by atoms with E-state index in [0.717, 1.165) is 4.47 Å². The molecule has 0 aliphatic rings. The Labute approximate surface area is 86.1 Å². The quantitative estimate of drug-likeness (QED) is 0.703. The van der Waals surface area contributed by atoms with Crippen LogP contribution >= 0.6 is 15.9 Å². The van der Waals surface area contributed by atoms with E-state index in [-0.39, 0.29) is 0 Å². The van der Waals surface area contributed by atoms with Crippen LogP contribution < -0.4 is 0 Å². The van der Waals surface area contributed by atoms with Gasteiger partial charge in [-0.1, -0.05) is 5.92 Å². The predicted octanol–water partition coefficient (Wildman–Crippen LogP) is 1.97. The summed E-state index contributed by atoms with van der Waals surface area (Å²) < 4.78 is 0.918. The van der Waals surface area contributed by atoms with Crippen molar-refractivity contribution in [3.8, 4) is 11.8 Å². The Morgan fingerprint density at radius 3 is 2.62 bits per heavy atom. The zero-order valence-electron chi connectivity index (χ0n) is 7.50. The summed E-state index contributed by atoms with van der Waals surface area (Å²) in [5.74, 6) is 5.47. The minimum absolute atomic E-state index is 0.658. The van der Waals surface area contributed by atoms with E-state index in [1.165, 1.54) is 0 Å². The van der Waals surface area contributed by atoms with E-state index in [0.29, 0.717) is 5.69 Å². The SMILES string of the molecule is CC(C)(O)C#Cc1ccc(Br)cn1. The van der Waals surface area contributed by atoms with Crippen LogP contribution in [0.4, 0.5) is 0 Å². The lowest BCUT2D eigenvalue weighted by molar-refractivity contribution is 0.143. The van der Waals surface area contributed by atoms with Gasteiger partial charge in [-0.15, -0.1) is 0 Å². The molecule has 13 heavy (non-hydrogen) atoms. The Morgan fingerprint density at radius 2 is 2.15 bits per heavy atom. The molecule has 0 saturated carbocycles. The molecule has 1 N–H and O–H groups in total. The molecule has 3 heteroatoms. The molecule has 2 nitrogen and oxygen atoms in total. The average Bonchev–Trinajstić information content (AvgIpc) is 2.02. The molecule has 0 aliphatic heterocycles. The molecular formula is C10H10BrNO. The molecule has 0 radical (unpaired) electrons. The molecule has 0 amide bonds. The van der Waals surface area contributed by atoms with Gasteiger partial charge in [0.15, 0.2) is 0 Å². The molecule has 0 fully saturated rings. The topological polar surface area (TPSA) is 33.1 Å². The molecule has 1 aromatic rings. The summed E-state index contributed by atoms with van der Waals surface area (Å²) in [5.41, 5.74) is -0.306. The highest BCUT2D eigenvalue weighted by Gasteiger charge is 2.05. The molecule has 0 aliphatic carbocycles. The fourth-order valence-corrected chi connectivity index (χ4v) is 0.901. The monoisotopic (exact) mass is 239 g/mol. The van der Waals surface area contributed by atoms with Gasteiger partial charge in [0, 0.05) is 10.7 Å². The van der Waals surface area contributed by atoms with Gasteiger partial charge in [0.05, 0.1) is 0 Å². The first kappa shape index (κ1) is 10.2. The Balaban J connectivity index is 2.85. The van der Waals surface area contributed by atoms with Gasteiger partial charge in [0.1, 0.15) is 11.3 Å². The Morgan fingerprint density at radius 1 is 1.46 bits per heavy atom. The van der Waals surface area contributed by atoms with Gasteiger partial charge in [-0.2, -0.15) is 0 Å². The zero-order valence-corrected chi connectivity index (χ0v) is 9.09. The first-order valence-corrected chi connectivity index (χ1v) is 4.64. The van der Waals surface area contributed by atoms with Crippen LogP contribution in [0, 0.1) is 11.8 Å². The van der Waals surface area contributed by atoms with Crippen molar-refractivity contribution in [2.24, 2.45) is 0 Å². The molecule has 1 aromatic heterocycles. The normalized spacial score (nSPS) is 10.5. The lowest BCUT2D eigenvalue weighted by atomic mass is 10.1. The van der Waals surface area contributed by atoms with Crippen LogP contribution in [0.2, 0.25) is 0 Å². The van der Waals surface area contributed by atoms with Crippen LogP contribution in [0.15, 0.2) is 22.8 Å². The Hall–Kier alpha value is -0.850. The summed E-state index contributed by atoms with van der Waals surface area (Å²) in [4.78, 5) is 4.05. The van der Waals surface area contributed by atoms with Crippen molar-refractivity contribution in [1.82, 2.24) is 4.98 Å². The van der Waals surface area contributed by atoms with E-state index in [4.69, 9.17) is 0 Å². The summed E-state index contributed by atoms with van der Waals surface area (Å²) in [6.07, 6.45) is 1.67. The van der Waals surface area contributed by atoms with Crippen molar-refractivity contribution in [2.75, 3.05) is 0 Å². The second-order valence-corrected chi connectivity index (χ2v) is 4.09. The van der Waals surface area contributed by atoms with Crippen LogP contribution in [0.5, 0.6) is 0 Å². The van der Waals surface area contributed by atoms with Crippen molar-refractivity contribution in [3.05, 3.63) is 28.5 Å². The second-order valence-electron chi connectivity index (χ2n) is 3.17. The number of rotatable bonds is 0. The first-order chi connectivity index (χ1) is 5.97. The molecule has 0 unspecified atom stereocenters. The van der Waals surface area contributed by atoms with E-state index in [2.05, 4.69) is 32.8 Å². The van der Waals surface area contributed by atoms with Gasteiger partial charge in [-0.3, -0.25) is 0 Å². The van der Waals surface area contributed by atoms with Crippen molar-refractivity contribution in [2.45, 2.75) is 19.4 Å². The van der Waals surface area contributed by atoms with Crippen molar-refractivity contribution < 1.29 is 5.11 Å². The van der Waals surface area contributed by atoms with Gasteiger partial charge in [-0.25, -0.2) is 4.98 Å². The first-order valence-electron chi connectivity index (χ1n) is 3.84.